The number of aromatic carboxylic acids is 1. The van der Waals surface area contributed by atoms with Gasteiger partial charge in [0.15, 0.2) is 0 Å². The summed E-state index contributed by atoms with van der Waals surface area (Å²) >= 11 is 0. The first-order valence-corrected chi connectivity index (χ1v) is 6.24. The van der Waals surface area contributed by atoms with Crippen LogP contribution in [-0.4, -0.2) is 15.3 Å². The first kappa shape index (κ1) is 11.6. The summed E-state index contributed by atoms with van der Waals surface area (Å²) in [4.78, 5) is 11.3. The Morgan fingerprint density at radius 2 is 1.88 bits per heavy atom. The second-order valence-corrected chi connectivity index (χ2v) is 4.83. The molecule has 0 radical (unpaired) electrons. The Kier molecular flexibility index (Phi) is 3.39. The van der Waals surface area contributed by atoms with Gasteiger partial charge in [-0.15, -0.1) is 0 Å². The van der Waals surface area contributed by atoms with Crippen molar-refractivity contribution in [3.63, 3.8) is 0 Å². The predicted octanol–water partition coefficient (Wildman–Crippen LogP) is 2.29. The van der Waals surface area contributed by atoms with Gasteiger partial charge >= 0.3 is 5.97 Å². The molecule has 4 nitrogen and oxygen atoms in total. The zero-order valence-corrected chi connectivity index (χ0v) is 9.65. The van der Waals surface area contributed by atoms with E-state index in [1.807, 2.05) is 6.07 Å². The summed E-state index contributed by atoms with van der Waals surface area (Å²) in [6, 6.07) is 11.9. The zero-order chi connectivity index (χ0) is 12.3. The van der Waals surface area contributed by atoms with Gasteiger partial charge in [0.25, 0.3) is 0 Å². The molecule has 2 aromatic rings. The molecule has 0 saturated carbocycles. The van der Waals surface area contributed by atoms with Crippen molar-refractivity contribution in [1.29, 1.82) is 0 Å². The molecule has 0 aliphatic rings. The summed E-state index contributed by atoms with van der Waals surface area (Å²) in [7, 11) is -1.22. The van der Waals surface area contributed by atoms with E-state index < -0.39 is 16.8 Å². The molecular weight excluding hydrogens is 240 g/mol. The molecule has 1 atom stereocenters. The lowest BCUT2D eigenvalue weighted by molar-refractivity contribution is 0.0661. The number of carboxylic acids is 1. The second-order valence-electron chi connectivity index (χ2n) is 3.37. The highest BCUT2D eigenvalue weighted by Gasteiger charge is 2.11. The average molecular weight is 250 g/mol. The van der Waals surface area contributed by atoms with Crippen LogP contribution in [-0.2, 0) is 16.6 Å². The third-order valence-corrected chi connectivity index (χ3v) is 3.50. The van der Waals surface area contributed by atoms with Gasteiger partial charge < -0.3 is 9.52 Å². The highest BCUT2D eigenvalue weighted by molar-refractivity contribution is 7.84. The van der Waals surface area contributed by atoms with Crippen molar-refractivity contribution in [2.45, 2.75) is 10.6 Å². The summed E-state index contributed by atoms with van der Waals surface area (Å²) in [6.45, 7) is 0. The molecule has 17 heavy (non-hydrogen) atoms. The van der Waals surface area contributed by atoms with Crippen LogP contribution < -0.4 is 0 Å². The SMILES string of the molecule is O=C(O)c1ccc(C[S@@](=O)c2ccccc2)o1. The molecule has 0 amide bonds. The quantitative estimate of drug-likeness (QED) is 0.904. The molecule has 0 spiro atoms. The number of rotatable bonds is 4. The fourth-order valence-corrected chi connectivity index (χ4v) is 2.40. The van der Waals surface area contributed by atoms with Gasteiger partial charge in [0.1, 0.15) is 5.76 Å². The van der Waals surface area contributed by atoms with Crippen LogP contribution >= 0.6 is 0 Å². The fourth-order valence-electron chi connectivity index (χ4n) is 1.36. The van der Waals surface area contributed by atoms with Crippen molar-refractivity contribution in [1.82, 2.24) is 0 Å². The van der Waals surface area contributed by atoms with Crippen LogP contribution in [0.15, 0.2) is 51.8 Å². The number of carbonyl (C=O) groups is 1. The molecule has 0 saturated heterocycles. The monoisotopic (exact) mass is 250 g/mol. The van der Waals surface area contributed by atoms with Crippen LogP contribution in [0.25, 0.3) is 0 Å². The summed E-state index contributed by atoms with van der Waals surface area (Å²) in [5, 5.41) is 8.68. The van der Waals surface area contributed by atoms with E-state index in [0.29, 0.717) is 10.7 Å². The maximum atomic E-state index is 11.9. The lowest BCUT2D eigenvalue weighted by atomic mass is 10.4. The Morgan fingerprint density at radius 3 is 2.47 bits per heavy atom. The molecule has 0 aliphatic heterocycles. The van der Waals surface area contributed by atoms with E-state index in [0.717, 1.165) is 0 Å². The van der Waals surface area contributed by atoms with Crippen molar-refractivity contribution in [2.75, 3.05) is 0 Å². The number of benzene rings is 1. The molecule has 1 N–H and O–H groups in total. The van der Waals surface area contributed by atoms with Crippen LogP contribution in [0.3, 0.4) is 0 Å². The summed E-state index contributed by atoms with van der Waals surface area (Å²) in [5.41, 5.74) is 0. The third-order valence-electron chi connectivity index (χ3n) is 2.15. The minimum Gasteiger partial charge on any atom is -0.475 e. The van der Waals surface area contributed by atoms with E-state index in [9.17, 15) is 9.00 Å². The number of furan rings is 1. The molecule has 1 aromatic carbocycles. The van der Waals surface area contributed by atoms with E-state index in [1.54, 1.807) is 24.3 Å². The van der Waals surface area contributed by atoms with Gasteiger partial charge in [0.05, 0.1) is 16.6 Å². The van der Waals surface area contributed by atoms with E-state index in [1.165, 1.54) is 12.1 Å². The van der Waals surface area contributed by atoms with Crippen LogP contribution in [0, 0.1) is 0 Å². The van der Waals surface area contributed by atoms with Crippen LogP contribution in [0.5, 0.6) is 0 Å². The van der Waals surface area contributed by atoms with E-state index in [4.69, 9.17) is 9.52 Å². The van der Waals surface area contributed by atoms with Gasteiger partial charge in [0, 0.05) is 4.90 Å². The van der Waals surface area contributed by atoms with Gasteiger partial charge in [-0.2, -0.15) is 0 Å². The minimum absolute atomic E-state index is 0.134. The number of carboxylic acid groups (broad SMARTS) is 1. The van der Waals surface area contributed by atoms with Crippen LogP contribution in [0.2, 0.25) is 0 Å². The molecule has 0 aliphatic carbocycles. The maximum Gasteiger partial charge on any atom is 0.371 e. The lowest BCUT2D eigenvalue weighted by Crippen LogP contribution is -1.95. The van der Waals surface area contributed by atoms with Gasteiger partial charge in [-0.3, -0.25) is 4.21 Å². The molecular formula is C12H10O4S. The Balaban J connectivity index is 2.11. The Morgan fingerprint density at radius 1 is 1.18 bits per heavy atom. The van der Waals surface area contributed by atoms with Gasteiger partial charge in [0.2, 0.25) is 5.76 Å². The van der Waals surface area contributed by atoms with Crippen molar-refractivity contribution in [3.05, 3.63) is 54.0 Å². The van der Waals surface area contributed by atoms with Crippen molar-refractivity contribution < 1.29 is 18.5 Å². The van der Waals surface area contributed by atoms with E-state index in [-0.39, 0.29) is 11.5 Å². The highest BCUT2D eigenvalue weighted by Crippen LogP contribution is 2.14. The average Bonchev–Trinajstić information content (AvgIpc) is 2.79. The van der Waals surface area contributed by atoms with Gasteiger partial charge in [-0.25, -0.2) is 4.79 Å². The van der Waals surface area contributed by atoms with Crippen molar-refractivity contribution >= 4 is 16.8 Å². The highest BCUT2D eigenvalue weighted by atomic mass is 32.2. The van der Waals surface area contributed by atoms with E-state index in [2.05, 4.69) is 0 Å². The lowest BCUT2D eigenvalue weighted by Gasteiger charge is -1.99. The first-order chi connectivity index (χ1) is 8.16. The maximum absolute atomic E-state index is 11.9. The zero-order valence-electron chi connectivity index (χ0n) is 8.83. The summed E-state index contributed by atoms with van der Waals surface area (Å²) < 4.78 is 16.9. The Hall–Kier alpha value is -1.88. The molecule has 1 heterocycles. The van der Waals surface area contributed by atoms with Crippen LogP contribution in [0.1, 0.15) is 16.3 Å². The number of hydrogen-bond donors (Lipinski definition) is 1. The first-order valence-electron chi connectivity index (χ1n) is 4.92. The third kappa shape index (κ3) is 2.82. The topological polar surface area (TPSA) is 67.5 Å². The summed E-state index contributed by atoms with van der Waals surface area (Å²) in [6.07, 6.45) is 0. The fraction of sp³-hybridized carbons (Fsp3) is 0.0833. The molecule has 2 rings (SSSR count). The van der Waals surface area contributed by atoms with Crippen molar-refractivity contribution in [3.8, 4) is 0 Å². The minimum atomic E-state index is -1.22. The molecule has 0 bridgehead atoms. The predicted molar refractivity (Wildman–Crippen MR) is 62.2 cm³/mol. The van der Waals surface area contributed by atoms with Gasteiger partial charge in [-0.1, -0.05) is 18.2 Å². The standard InChI is InChI=1S/C12H10O4S/c13-12(14)11-7-6-9(16-11)8-17(15)10-4-2-1-3-5-10/h1-7H,8H2,(H,13,14)/t17-/m1/s1. The van der Waals surface area contributed by atoms with Crippen LogP contribution in [0.4, 0.5) is 0 Å². The molecule has 0 fully saturated rings. The smallest absolute Gasteiger partial charge is 0.371 e. The molecule has 1 aromatic heterocycles. The van der Waals surface area contributed by atoms with Gasteiger partial charge in [-0.05, 0) is 24.3 Å². The Labute approximate surface area is 100 Å². The Bertz CT molecular complexity index is 545. The second kappa shape index (κ2) is 4.97. The molecule has 0 unspecified atom stereocenters. The van der Waals surface area contributed by atoms with E-state index >= 15 is 0 Å². The molecule has 5 heteroatoms. The number of hydrogen-bond acceptors (Lipinski definition) is 3. The largest absolute Gasteiger partial charge is 0.475 e. The molecule has 88 valence electrons. The summed E-state index contributed by atoms with van der Waals surface area (Å²) in [5.74, 6) is -0.673. The van der Waals surface area contributed by atoms with Crippen molar-refractivity contribution in [2.24, 2.45) is 0 Å². The normalized spacial score (nSPS) is 12.2.